The molecule has 0 aromatic carbocycles. The zero-order valence-corrected chi connectivity index (χ0v) is 23.1. The molecular weight excluding hydrogens is 574 g/mol. The second kappa shape index (κ2) is 7.74. The average Bonchev–Trinajstić information content (AvgIpc) is 2.93. The molecule has 0 aliphatic heterocycles. The van der Waals surface area contributed by atoms with E-state index in [-0.39, 0.29) is 0 Å². The summed E-state index contributed by atoms with van der Waals surface area (Å²) in [6, 6.07) is 0. The molecule has 4 heteroatoms. The number of halogens is 2. The molecule has 1 atom stereocenters. The Morgan fingerprint density at radius 1 is 1.12 bits per heavy atom. The fourth-order valence-electron chi connectivity index (χ4n) is 4.29. The molecule has 0 bridgehead atoms. The van der Waals surface area contributed by atoms with Gasteiger partial charge in [-0.1, -0.05) is 0 Å². The topological polar surface area (TPSA) is 0 Å². The molecule has 0 N–H and O–H groups in total. The SMILES string of the molecule is CC1=CCC(C2=C3C(=CC=C[C](=[Ge]([CH3])[CH3])C3C)[C]([Hf]([Cl])[Cl])=C2C)=C1C. The van der Waals surface area contributed by atoms with Gasteiger partial charge < -0.3 is 0 Å². The van der Waals surface area contributed by atoms with Gasteiger partial charge in [0.2, 0.25) is 0 Å². The maximum atomic E-state index is 6.64. The molecule has 1 unspecified atom stereocenters. The number of fused-ring (bicyclic) bond motifs is 1. The van der Waals surface area contributed by atoms with Crippen LogP contribution in [0, 0.1) is 5.92 Å². The second-order valence-corrected chi connectivity index (χ2v) is 24.2. The Bertz CT molecular complexity index is 856. The molecule has 0 amide bonds. The first-order valence-corrected chi connectivity index (χ1v) is 24.8. The summed E-state index contributed by atoms with van der Waals surface area (Å²) in [7, 11) is 13.3. The van der Waals surface area contributed by atoms with Crippen molar-refractivity contribution in [3.63, 3.8) is 0 Å². The van der Waals surface area contributed by atoms with E-state index in [1.807, 2.05) is 0 Å². The predicted octanol–water partition coefficient (Wildman–Crippen LogP) is 6.80. The molecule has 0 fully saturated rings. The molecule has 25 heavy (non-hydrogen) atoms. The molecule has 0 saturated carbocycles. The number of rotatable bonds is 2. The van der Waals surface area contributed by atoms with Crippen molar-refractivity contribution >= 4 is 35.4 Å². The molecule has 3 aliphatic rings. The first kappa shape index (κ1) is 20.0. The van der Waals surface area contributed by atoms with E-state index in [0.29, 0.717) is 5.92 Å². The summed E-state index contributed by atoms with van der Waals surface area (Å²) in [6.45, 7) is 9.13. The van der Waals surface area contributed by atoms with Crippen LogP contribution in [0.15, 0.2) is 66.6 Å². The molecule has 0 saturated heterocycles. The van der Waals surface area contributed by atoms with Gasteiger partial charge in [-0.2, -0.15) is 0 Å². The molecule has 0 aromatic rings. The van der Waals surface area contributed by atoms with Crippen LogP contribution in [0.5, 0.6) is 0 Å². The zero-order valence-electron chi connectivity index (χ0n) is 15.8. The summed E-state index contributed by atoms with van der Waals surface area (Å²) in [4.78, 5) is 0. The number of hydrogen-bond donors (Lipinski definition) is 0. The third-order valence-electron chi connectivity index (χ3n) is 5.74. The molecule has 0 spiro atoms. The average molecular weight is 599 g/mol. The molecule has 0 nitrogen and oxygen atoms in total. The Kier molecular flexibility index (Phi) is 6.20. The number of allylic oxidation sites excluding steroid dienone is 12. The maximum absolute atomic E-state index is 6.64. The summed E-state index contributed by atoms with van der Waals surface area (Å²) in [5, 5.41) is 0. The molecular formula is C21H25Cl2GeHf. The van der Waals surface area contributed by atoms with Crippen LogP contribution < -0.4 is 0 Å². The van der Waals surface area contributed by atoms with E-state index in [4.69, 9.17) is 17.2 Å². The van der Waals surface area contributed by atoms with Crippen LogP contribution in [0.3, 0.4) is 0 Å². The van der Waals surface area contributed by atoms with Gasteiger partial charge in [0.15, 0.2) is 0 Å². The predicted molar refractivity (Wildman–Crippen MR) is 111 cm³/mol. The summed E-state index contributed by atoms with van der Waals surface area (Å²) >= 11 is -3.87. The molecule has 0 heterocycles. The van der Waals surface area contributed by atoms with Crippen LogP contribution in [0.2, 0.25) is 11.5 Å². The fraction of sp³-hybridized carbons (Fsp3) is 0.381. The van der Waals surface area contributed by atoms with Crippen molar-refractivity contribution in [2.75, 3.05) is 0 Å². The summed E-state index contributed by atoms with van der Waals surface area (Å²) < 4.78 is 2.97. The van der Waals surface area contributed by atoms with Crippen molar-refractivity contribution in [2.24, 2.45) is 5.92 Å². The molecule has 3 aliphatic carbocycles. The van der Waals surface area contributed by atoms with Gasteiger partial charge in [-0.25, -0.2) is 0 Å². The van der Waals surface area contributed by atoms with E-state index < -0.39 is 33.0 Å². The Labute approximate surface area is 171 Å². The van der Waals surface area contributed by atoms with Crippen LogP contribution in [0.1, 0.15) is 34.1 Å². The van der Waals surface area contributed by atoms with Gasteiger partial charge in [0.25, 0.3) is 0 Å². The van der Waals surface area contributed by atoms with Gasteiger partial charge in [-0.15, -0.1) is 0 Å². The van der Waals surface area contributed by atoms with Crippen molar-refractivity contribution < 1.29 is 19.1 Å². The fourth-order valence-corrected chi connectivity index (χ4v) is 14.3. The van der Waals surface area contributed by atoms with Crippen LogP contribution >= 0.6 is 17.2 Å². The first-order valence-electron chi connectivity index (χ1n) is 8.83. The quantitative estimate of drug-likeness (QED) is 0.307. The number of hydrogen-bond acceptors (Lipinski definition) is 0. The van der Waals surface area contributed by atoms with Gasteiger partial charge in [-0.05, 0) is 0 Å². The van der Waals surface area contributed by atoms with Crippen molar-refractivity contribution in [1.82, 2.24) is 0 Å². The van der Waals surface area contributed by atoms with Gasteiger partial charge >= 0.3 is 173 Å². The van der Waals surface area contributed by atoms with Crippen molar-refractivity contribution in [3.05, 3.63) is 66.6 Å². The molecule has 131 valence electrons. The van der Waals surface area contributed by atoms with Crippen LogP contribution in [0.25, 0.3) is 0 Å². The van der Waals surface area contributed by atoms with E-state index in [1.165, 1.54) is 42.3 Å². The van der Waals surface area contributed by atoms with Crippen molar-refractivity contribution in [3.8, 4) is 0 Å². The van der Waals surface area contributed by atoms with Crippen molar-refractivity contribution in [2.45, 2.75) is 45.6 Å². The molecule has 0 radical (unpaired) electrons. The molecule has 3 rings (SSSR count). The van der Waals surface area contributed by atoms with Gasteiger partial charge in [0.05, 0.1) is 0 Å². The normalized spacial score (nSPS) is 23.2. The Balaban J connectivity index is 2.31. The molecule has 0 aromatic heterocycles. The van der Waals surface area contributed by atoms with E-state index >= 15 is 0 Å². The van der Waals surface area contributed by atoms with Gasteiger partial charge in [-0.3, -0.25) is 0 Å². The van der Waals surface area contributed by atoms with Crippen molar-refractivity contribution in [1.29, 1.82) is 0 Å². The minimum atomic E-state index is -2.71. The minimum absolute atomic E-state index is 0.470. The third-order valence-corrected chi connectivity index (χ3v) is 16.2. The van der Waals surface area contributed by atoms with Crippen LogP contribution in [-0.2, 0) is 19.1 Å². The van der Waals surface area contributed by atoms with E-state index in [0.717, 1.165) is 6.42 Å². The standard InChI is InChI=1S/C21H25Ge.2ClH.Hf/c1-13-10-11-18(15(13)3)20-14(2)12-17-8-7-9-19(22(5)6)16(4)21(17)20;;;/h7-10,16H,11H2,1-6H3;2*1H;/q;;;+2/p-2. The van der Waals surface area contributed by atoms with Crippen LogP contribution in [0.4, 0.5) is 0 Å². The summed E-state index contributed by atoms with van der Waals surface area (Å²) in [6.07, 6.45) is 10.3. The van der Waals surface area contributed by atoms with E-state index in [9.17, 15) is 0 Å². The first-order chi connectivity index (χ1) is 11.8. The zero-order chi connectivity index (χ0) is 18.5. The summed E-state index contributed by atoms with van der Waals surface area (Å²) in [5.74, 6) is 5.38. The van der Waals surface area contributed by atoms with E-state index in [2.05, 4.69) is 63.5 Å². The summed E-state index contributed by atoms with van der Waals surface area (Å²) in [5.41, 5.74) is 10.0. The Hall–Kier alpha value is 0.303. The van der Waals surface area contributed by atoms with Crippen LogP contribution in [-0.4, -0.2) is 18.3 Å². The van der Waals surface area contributed by atoms with Gasteiger partial charge in [0.1, 0.15) is 0 Å². The Morgan fingerprint density at radius 2 is 1.80 bits per heavy atom. The van der Waals surface area contributed by atoms with E-state index in [1.54, 1.807) is 4.35 Å². The Morgan fingerprint density at radius 3 is 2.32 bits per heavy atom. The third kappa shape index (κ3) is 3.44. The second-order valence-electron chi connectivity index (χ2n) is 7.36. The van der Waals surface area contributed by atoms with Gasteiger partial charge in [0, 0.05) is 0 Å². The monoisotopic (exact) mass is 601 g/mol.